The molecule has 0 aromatic heterocycles. The summed E-state index contributed by atoms with van der Waals surface area (Å²) in [4.78, 5) is 11.9. The first-order chi connectivity index (χ1) is 11.6. The molecule has 2 rings (SSSR count). The average molecular weight is 346 g/mol. The fraction of sp³-hybridized carbons (Fsp3) is 0.222. The van der Waals surface area contributed by atoms with Crippen molar-refractivity contribution in [1.29, 1.82) is 0 Å². The minimum Gasteiger partial charge on any atom is -0.493 e. The van der Waals surface area contributed by atoms with Crippen molar-refractivity contribution in [1.82, 2.24) is 5.43 Å². The van der Waals surface area contributed by atoms with Crippen LogP contribution in [0.5, 0.6) is 5.75 Å². The molecule has 126 valence electrons. The molecule has 0 aliphatic heterocycles. The van der Waals surface area contributed by atoms with E-state index in [1.807, 2.05) is 56.3 Å². The Hall–Kier alpha value is -2.53. The Bertz CT molecular complexity index is 732. The molecule has 0 atom stereocenters. The van der Waals surface area contributed by atoms with Crippen molar-refractivity contribution in [2.75, 3.05) is 18.5 Å². The normalized spacial score (nSPS) is 10.6. The Morgan fingerprint density at radius 3 is 2.83 bits per heavy atom. The fourth-order valence-electron chi connectivity index (χ4n) is 2.06. The van der Waals surface area contributed by atoms with Crippen LogP contribution in [0.3, 0.4) is 0 Å². The molecule has 0 bridgehead atoms. The van der Waals surface area contributed by atoms with Gasteiger partial charge in [-0.3, -0.25) is 4.79 Å². The van der Waals surface area contributed by atoms with Crippen LogP contribution < -0.4 is 15.5 Å². The molecule has 0 saturated heterocycles. The number of hydrogen-bond donors (Lipinski definition) is 2. The third-order valence-electron chi connectivity index (χ3n) is 3.32. The van der Waals surface area contributed by atoms with E-state index in [2.05, 4.69) is 15.8 Å². The molecule has 0 saturated carbocycles. The van der Waals surface area contributed by atoms with Crippen LogP contribution in [0.15, 0.2) is 47.6 Å². The van der Waals surface area contributed by atoms with Crippen LogP contribution >= 0.6 is 11.6 Å². The number of amides is 1. The smallest absolute Gasteiger partial charge is 0.259 e. The molecule has 2 N–H and O–H groups in total. The summed E-state index contributed by atoms with van der Waals surface area (Å²) in [6, 6.07) is 13.0. The highest BCUT2D eigenvalue weighted by molar-refractivity contribution is 6.31. The van der Waals surface area contributed by atoms with Gasteiger partial charge in [0, 0.05) is 16.3 Å². The van der Waals surface area contributed by atoms with E-state index < -0.39 is 0 Å². The van der Waals surface area contributed by atoms with Crippen LogP contribution in [-0.2, 0) is 4.79 Å². The number of nitrogens with one attached hydrogen (secondary N) is 2. The third-order valence-corrected chi connectivity index (χ3v) is 3.73. The lowest BCUT2D eigenvalue weighted by molar-refractivity contribution is -0.119. The minimum absolute atomic E-state index is 0.103. The van der Waals surface area contributed by atoms with Gasteiger partial charge in [0.1, 0.15) is 5.75 Å². The Morgan fingerprint density at radius 1 is 1.25 bits per heavy atom. The Balaban J connectivity index is 1.88. The van der Waals surface area contributed by atoms with Crippen molar-refractivity contribution in [3.63, 3.8) is 0 Å². The summed E-state index contributed by atoms with van der Waals surface area (Å²) in [5.74, 6) is 0.477. The molecule has 24 heavy (non-hydrogen) atoms. The monoisotopic (exact) mass is 345 g/mol. The van der Waals surface area contributed by atoms with Gasteiger partial charge in [0.05, 0.1) is 19.4 Å². The van der Waals surface area contributed by atoms with E-state index in [1.165, 1.54) is 0 Å². The van der Waals surface area contributed by atoms with Gasteiger partial charge < -0.3 is 10.1 Å². The molecular weight excluding hydrogens is 326 g/mol. The summed E-state index contributed by atoms with van der Waals surface area (Å²) in [7, 11) is 0. The van der Waals surface area contributed by atoms with Crippen LogP contribution in [0, 0.1) is 6.92 Å². The standard InChI is InChI=1S/C18H20ClN3O2/c1-3-24-17-10-5-4-7-14(17)11-21-22-18(23)12-20-16-9-6-8-15(19)13(16)2/h4-11,20H,3,12H2,1-2H3,(H,22,23)/b21-11+. The number of carbonyl (C=O) groups is 1. The third kappa shape index (κ3) is 4.99. The molecule has 6 heteroatoms. The molecule has 0 spiro atoms. The predicted molar refractivity (Wildman–Crippen MR) is 98.0 cm³/mol. The van der Waals surface area contributed by atoms with E-state index in [-0.39, 0.29) is 12.5 Å². The second-order valence-electron chi connectivity index (χ2n) is 5.03. The lowest BCUT2D eigenvalue weighted by Gasteiger charge is -2.09. The van der Waals surface area contributed by atoms with Gasteiger partial charge in [0.25, 0.3) is 5.91 Å². The lowest BCUT2D eigenvalue weighted by atomic mass is 10.2. The van der Waals surface area contributed by atoms with Crippen molar-refractivity contribution < 1.29 is 9.53 Å². The number of rotatable bonds is 7. The van der Waals surface area contributed by atoms with Gasteiger partial charge in [-0.1, -0.05) is 29.8 Å². The second-order valence-corrected chi connectivity index (χ2v) is 5.44. The van der Waals surface area contributed by atoms with Gasteiger partial charge in [-0.2, -0.15) is 5.10 Å². The summed E-state index contributed by atoms with van der Waals surface area (Å²) in [6.07, 6.45) is 1.56. The van der Waals surface area contributed by atoms with Crippen LogP contribution in [0.2, 0.25) is 5.02 Å². The SMILES string of the molecule is CCOc1ccccc1/C=N/NC(=O)CNc1cccc(Cl)c1C. The van der Waals surface area contributed by atoms with Gasteiger partial charge in [-0.25, -0.2) is 5.43 Å². The molecule has 2 aromatic rings. The first kappa shape index (κ1) is 17.8. The zero-order chi connectivity index (χ0) is 17.4. The summed E-state index contributed by atoms with van der Waals surface area (Å²) < 4.78 is 5.50. The zero-order valence-electron chi connectivity index (χ0n) is 13.7. The molecule has 5 nitrogen and oxygen atoms in total. The van der Waals surface area contributed by atoms with Crippen molar-refractivity contribution in [3.05, 3.63) is 58.6 Å². The van der Waals surface area contributed by atoms with E-state index >= 15 is 0 Å². The first-order valence-corrected chi connectivity index (χ1v) is 8.02. The van der Waals surface area contributed by atoms with Crippen molar-refractivity contribution >= 4 is 29.4 Å². The van der Waals surface area contributed by atoms with Crippen LogP contribution in [0.25, 0.3) is 0 Å². The number of carbonyl (C=O) groups excluding carboxylic acids is 1. The number of hydrazone groups is 1. The Morgan fingerprint density at radius 2 is 2.04 bits per heavy atom. The molecular formula is C18H20ClN3O2. The average Bonchev–Trinajstić information content (AvgIpc) is 2.58. The van der Waals surface area contributed by atoms with E-state index in [0.29, 0.717) is 11.6 Å². The molecule has 2 aromatic carbocycles. The van der Waals surface area contributed by atoms with Gasteiger partial charge in [-0.05, 0) is 43.7 Å². The lowest BCUT2D eigenvalue weighted by Crippen LogP contribution is -2.26. The fourth-order valence-corrected chi connectivity index (χ4v) is 2.24. The van der Waals surface area contributed by atoms with Gasteiger partial charge in [0.15, 0.2) is 0 Å². The quantitative estimate of drug-likeness (QED) is 0.595. The Labute approximate surface area is 146 Å². The number of ether oxygens (including phenoxy) is 1. The second kappa shape index (κ2) is 8.93. The number of benzene rings is 2. The molecule has 1 amide bonds. The molecule has 0 unspecified atom stereocenters. The summed E-state index contributed by atoms with van der Waals surface area (Å²) >= 11 is 6.05. The van der Waals surface area contributed by atoms with Gasteiger partial charge in [0.2, 0.25) is 0 Å². The topological polar surface area (TPSA) is 62.7 Å². The van der Waals surface area contributed by atoms with Crippen LogP contribution in [-0.4, -0.2) is 25.3 Å². The molecule has 0 radical (unpaired) electrons. The maximum absolute atomic E-state index is 11.9. The van der Waals surface area contributed by atoms with E-state index in [4.69, 9.17) is 16.3 Å². The number of halogens is 1. The number of nitrogens with zero attached hydrogens (tertiary/aromatic N) is 1. The summed E-state index contributed by atoms with van der Waals surface area (Å²) in [5.41, 5.74) is 5.01. The van der Waals surface area contributed by atoms with Gasteiger partial charge >= 0.3 is 0 Å². The van der Waals surface area contributed by atoms with E-state index in [1.54, 1.807) is 6.21 Å². The maximum Gasteiger partial charge on any atom is 0.259 e. The Kier molecular flexibility index (Phi) is 6.63. The largest absolute Gasteiger partial charge is 0.493 e. The molecule has 0 fully saturated rings. The highest BCUT2D eigenvalue weighted by Gasteiger charge is 2.04. The van der Waals surface area contributed by atoms with E-state index in [0.717, 1.165) is 22.6 Å². The van der Waals surface area contributed by atoms with Crippen molar-refractivity contribution in [2.45, 2.75) is 13.8 Å². The minimum atomic E-state index is -0.250. The van der Waals surface area contributed by atoms with Crippen molar-refractivity contribution in [2.24, 2.45) is 5.10 Å². The highest BCUT2D eigenvalue weighted by atomic mass is 35.5. The maximum atomic E-state index is 11.9. The van der Waals surface area contributed by atoms with Crippen LogP contribution in [0.1, 0.15) is 18.1 Å². The summed E-state index contributed by atoms with van der Waals surface area (Å²) in [5, 5.41) is 7.66. The van der Waals surface area contributed by atoms with Gasteiger partial charge in [-0.15, -0.1) is 0 Å². The zero-order valence-corrected chi connectivity index (χ0v) is 14.4. The number of hydrogen-bond acceptors (Lipinski definition) is 4. The number of anilines is 1. The first-order valence-electron chi connectivity index (χ1n) is 7.64. The van der Waals surface area contributed by atoms with Crippen molar-refractivity contribution in [3.8, 4) is 5.75 Å². The highest BCUT2D eigenvalue weighted by Crippen LogP contribution is 2.22. The van der Waals surface area contributed by atoms with E-state index in [9.17, 15) is 4.79 Å². The molecule has 0 aliphatic carbocycles. The molecule has 0 heterocycles. The molecule has 0 aliphatic rings. The predicted octanol–water partition coefficient (Wildman–Crippen LogP) is 3.61. The number of para-hydroxylation sites is 1. The van der Waals surface area contributed by atoms with Crippen LogP contribution in [0.4, 0.5) is 5.69 Å². The summed E-state index contributed by atoms with van der Waals surface area (Å²) in [6.45, 7) is 4.48.